The van der Waals surface area contributed by atoms with Crippen LogP contribution in [0.2, 0.25) is 0 Å². The van der Waals surface area contributed by atoms with Gasteiger partial charge in [0.2, 0.25) is 0 Å². The van der Waals surface area contributed by atoms with E-state index in [0.29, 0.717) is 0 Å². The van der Waals surface area contributed by atoms with Gasteiger partial charge in [0.1, 0.15) is 0 Å². The molecule has 0 saturated heterocycles. The number of allylic oxidation sites excluding steroid dienone is 1. The van der Waals surface area contributed by atoms with Crippen LogP contribution in [0.5, 0.6) is 0 Å². The second-order valence-corrected chi connectivity index (χ2v) is 9.11. The fourth-order valence-electron chi connectivity index (χ4n) is 1.45. The first-order valence-electron chi connectivity index (χ1n) is 4.91. The fraction of sp³-hybridized carbons (Fsp3) is 0.778. The Kier molecular flexibility index (Phi) is 4.48. The SMILES string of the molecule is CCP(F)(CC)(CC)C(F)=C(F)C(F)(F)F. The third kappa shape index (κ3) is 2.53. The van der Waals surface area contributed by atoms with E-state index in [9.17, 15) is 26.1 Å². The van der Waals surface area contributed by atoms with Crippen molar-refractivity contribution >= 4 is 6.91 Å². The zero-order chi connectivity index (χ0) is 13.2. The summed E-state index contributed by atoms with van der Waals surface area (Å²) in [4.78, 5) is 0. The average molecular weight is 268 g/mol. The van der Waals surface area contributed by atoms with Crippen LogP contribution in [0.1, 0.15) is 20.8 Å². The van der Waals surface area contributed by atoms with Crippen molar-refractivity contribution in [2.75, 3.05) is 18.5 Å². The van der Waals surface area contributed by atoms with E-state index in [2.05, 4.69) is 0 Å². The van der Waals surface area contributed by atoms with Gasteiger partial charge in [-0.3, -0.25) is 0 Å². The van der Waals surface area contributed by atoms with Crippen molar-refractivity contribution in [3.8, 4) is 0 Å². The molecule has 98 valence electrons. The maximum atomic E-state index is 14.5. The predicted octanol–water partition coefficient (Wildman–Crippen LogP) is 5.15. The summed E-state index contributed by atoms with van der Waals surface area (Å²) in [7, 11) is 0. The van der Waals surface area contributed by atoms with E-state index in [4.69, 9.17) is 0 Å². The number of halogens is 6. The topological polar surface area (TPSA) is 0 Å². The van der Waals surface area contributed by atoms with E-state index in [-0.39, 0.29) is 0 Å². The Balaban J connectivity index is 5.78. The van der Waals surface area contributed by atoms with E-state index in [1.807, 2.05) is 0 Å². The van der Waals surface area contributed by atoms with Crippen LogP contribution in [0.25, 0.3) is 0 Å². The second kappa shape index (κ2) is 4.55. The molecule has 0 aliphatic carbocycles. The van der Waals surface area contributed by atoms with Gasteiger partial charge in [-0.05, 0) is 0 Å². The van der Waals surface area contributed by atoms with E-state index in [0.717, 1.165) is 0 Å². The van der Waals surface area contributed by atoms with E-state index < -0.39 is 43.0 Å². The standard InChI is InChI=1S/C9H15F6P/c1-4-16(15,5-2,6-3)8(11)7(10)9(12,13)14/h4-6H2,1-3H3. The summed E-state index contributed by atoms with van der Waals surface area (Å²) in [6.07, 6.45) is -6.73. The molecule has 0 aromatic rings. The van der Waals surface area contributed by atoms with Crippen molar-refractivity contribution in [1.29, 1.82) is 0 Å². The molecule has 16 heavy (non-hydrogen) atoms. The van der Waals surface area contributed by atoms with E-state index in [1.54, 1.807) is 0 Å². The van der Waals surface area contributed by atoms with Crippen molar-refractivity contribution in [2.45, 2.75) is 26.9 Å². The summed E-state index contributed by atoms with van der Waals surface area (Å²) in [6, 6.07) is 0. The number of hydrogen-bond donors (Lipinski definition) is 0. The summed E-state index contributed by atoms with van der Waals surface area (Å²) in [5, 5.41) is 0. The van der Waals surface area contributed by atoms with Gasteiger partial charge in [-0.25, -0.2) is 0 Å². The average Bonchev–Trinajstić information content (AvgIpc) is 2.25. The fourth-order valence-corrected chi connectivity index (χ4v) is 4.24. The molecule has 0 amide bonds. The van der Waals surface area contributed by atoms with E-state index >= 15 is 0 Å². The van der Waals surface area contributed by atoms with Crippen molar-refractivity contribution in [1.82, 2.24) is 0 Å². The molecule has 0 rings (SSSR count). The van der Waals surface area contributed by atoms with Gasteiger partial charge in [-0.15, -0.1) is 0 Å². The Hall–Kier alpha value is -0.250. The molecule has 0 aliphatic rings. The summed E-state index contributed by atoms with van der Waals surface area (Å²) in [6.45, 7) is -1.12. The van der Waals surface area contributed by atoms with Crippen molar-refractivity contribution in [2.24, 2.45) is 0 Å². The molecule has 0 saturated carbocycles. The Labute approximate surface area is 90.8 Å². The molecule has 0 N–H and O–H groups in total. The Morgan fingerprint density at radius 2 is 1.25 bits per heavy atom. The molecular formula is C9H15F6P. The van der Waals surface area contributed by atoms with Gasteiger partial charge in [-0.2, -0.15) is 0 Å². The number of rotatable bonds is 4. The van der Waals surface area contributed by atoms with Crippen LogP contribution in [0.4, 0.5) is 26.1 Å². The minimum atomic E-state index is -5.46. The van der Waals surface area contributed by atoms with Crippen LogP contribution >= 0.6 is 6.91 Å². The number of alkyl halides is 3. The Morgan fingerprint density at radius 3 is 1.44 bits per heavy atom. The first-order chi connectivity index (χ1) is 7.05. The molecular weight excluding hydrogens is 253 g/mol. The Morgan fingerprint density at radius 1 is 0.938 bits per heavy atom. The van der Waals surface area contributed by atoms with Gasteiger partial charge in [0, 0.05) is 0 Å². The zero-order valence-corrected chi connectivity index (χ0v) is 10.2. The molecule has 0 heterocycles. The summed E-state index contributed by atoms with van der Waals surface area (Å²) in [5.41, 5.74) is -2.22. The maximum absolute atomic E-state index is 14.5. The molecule has 0 bridgehead atoms. The van der Waals surface area contributed by atoms with Crippen molar-refractivity contribution in [3.05, 3.63) is 11.4 Å². The summed E-state index contributed by atoms with van der Waals surface area (Å²) >= 11 is 0. The molecule has 0 radical (unpaired) electrons. The molecule has 7 heteroatoms. The third-order valence-electron chi connectivity index (χ3n) is 3.10. The van der Waals surface area contributed by atoms with Gasteiger partial charge in [-0.1, -0.05) is 0 Å². The van der Waals surface area contributed by atoms with Gasteiger partial charge in [0.15, 0.2) is 0 Å². The molecule has 0 aromatic carbocycles. The molecule has 0 aliphatic heterocycles. The van der Waals surface area contributed by atoms with E-state index in [1.165, 1.54) is 20.8 Å². The van der Waals surface area contributed by atoms with Gasteiger partial charge >= 0.3 is 89.9 Å². The quantitative estimate of drug-likeness (QED) is 0.488. The van der Waals surface area contributed by atoms with Gasteiger partial charge in [0.05, 0.1) is 0 Å². The molecule has 0 atom stereocenters. The van der Waals surface area contributed by atoms with Crippen molar-refractivity contribution < 1.29 is 26.1 Å². The van der Waals surface area contributed by atoms with Gasteiger partial charge < -0.3 is 0 Å². The monoisotopic (exact) mass is 268 g/mol. The first-order valence-corrected chi connectivity index (χ1v) is 7.59. The molecule has 0 aromatic heterocycles. The molecule has 0 nitrogen and oxygen atoms in total. The van der Waals surface area contributed by atoms with Crippen LogP contribution in [-0.4, -0.2) is 24.7 Å². The Bertz CT molecular complexity index is 278. The van der Waals surface area contributed by atoms with Crippen LogP contribution in [0.3, 0.4) is 0 Å². The summed E-state index contributed by atoms with van der Waals surface area (Å²) in [5.74, 6) is -2.92. The van der Waals surface area contributed by atoms with Crippen molar-refractivity contribution in [3.63, 3.8) is 0 Å². The molecule has 0 spiro atoms. The second-order valence-electron chi connectivity index (χ2n) is 3.64. The van der Waals surface area contributed by atoms with Crippen LogP contribution in [0, 0.1) is 0 Å². The summed E-state index contributed by atoms with van der Waals surface area (Å²) < 4.78 is 76.7. The van der Waals surface area contributed by atoms with Crippen LogP contribution < -0.4 is 0 Å². The molecule has 0 fully saturated rings. The normalized spacial score (nSPS) is 17.7. The first kappa shape index (κ1) is 15.8. The van der Waals surface area contributed by atoms with Crippen LogP contribution in [0.15, 0.2) is 11.4 Å². The van der Waals surface area contributed by atoms with Gasteiger partial charge in [0.25, 0.3) is 0 Å². The predicted molar refractivity (Wildman–Crippen MR) is 54.9 cm³/mol. The number of hydrogen-bond acceptors (Lipinski definition) is 0. The minimum absolute atomic E-state index is 0.423. The molecule has 0 unspecified atom stereocenters. The zero-order valence-electron chi connectivity index (χ0n) is 9.34. The van der Waals surface area contributed by atoms with Crippen LogP contribution in [-0.2, 0) is 0 Å². The third-order valence-corrected chi connectivity index (χ3v) is 8.62.